The fraction of sp³-hybridized carbons (Fsp3) is 0.0952. The first kappa shape index (κ1) is 16.6. The Kier molecular flexibility index (Phi) is 5.67. The van der Waals surface area contributed by atoms with Crippen molar-refractivity contribution in [2.75, 3.05) is 13.2 Å². The fourth-order valence-corrected chi connectivity index (χ4v) is 2.44. The molecule has 0 fully saturated rings. The smallest absolute Gasteiger partial charge is 0.122 e. The Morgan fingerprint density at radius 3 is 2.12 bits per heavy atom. The van der Waals surface area contributed by atoms with Gasteiger partial charge in [0.25, 0.3) is 0 Å². The summed E-state index contributed by atoms with van der Waals surface area (Å²) in [6.45, 7) is 0.878. The maximum absolute atomic E-state index is 8.55. The average molecular weight is 333 g/mol. The van der Waals surface area contributed by atoms with E-state index in [0.717, 1.165) is 16.9 Å². The highest BCUT2D eigenvalue weighted by Gasteiger charge is 1.99. The van der Waals surface area contributed by atoms with Crippen LogP contribution in [0.3, 0.4) is 0 Å². The lowest BCUT2D eigenvalue weighted by atomic mass is 10.1. The van der Waals surface area contributed by atoms with Crippen LogP contribution in [0, 0.1) is 0 Å². The zero-order chi connectivity index (χ0) is 17.3. The van der Waals surface area contributed by atoms with Gasteiger partial charge in [-0.1, -0.05) is 59.8 Å². The van der Waals surface area contributed by atoms with Crippen molar-refractivity contribution in [3.8, 4) is 22.6 Å². The highest BCUT2D eigenvalue weighted by atomic mass is 16.5. The van der Waals surface area contributed by atoms with E-state index in [4.69, 9.17) is 14.7 Å². The Labute approximate surface area is 147 Å². The first-order valence-electron chi connectivity index (χ1n) is 8.04. The number of ether oxygens (including phenoxy) is 2. The van der Waals surface area contributed by atoms with Crippen molar-refractivity contribution in [2.24, 2.45) is 5.16 Å². The molecule has 0 atom stereocenters. The van der Waals surface area contributed by atoms with Crippen molar-refractivity contribution < 1.29 is 14.7 Å². The molecular weight excluding hydrogens is 314 g/mol. The second kappa shape index (κ2) is 8.55. The third-order valence-corrected chi connectivity index (χ3v) is 3.65. The molecular formula is C21H19NO3. The molecule has 3 aromatic carbocycles. The van der Waals surface area contributed by atoms with Gasteiger partial charge in [-0.15, -0.1) is 0 Å². The monoisotopic (exact) mass is 333 g/mol. The molecule has 0 spiro atoms. The lowest BCUT2D eigenvalue weighted by molar-refractivity contribution is 0.217. The molecule has 0 amide bonds. The summed E-state index contributed by atoms with van der Waals surface area (Å²) in [5.74, 6) is 1.52. The maximum Gasteiger partial charge on any atom is 0.122 e. The van der Waals surface area contributed by atoms with Gasteiger partial charge in [0.2, 0.25) is 0 Å². The second-order valence-electron chi connectivity index (χ2n) is 5.40. The number of oxime groups is 1. The van der Waals surface area contributed by atoms with Gasteiger partial charge in [0.1, 0.15) is 24.7 Å². The van der Waals surface area contributed by atoms with Crippen LogP contribution in [0.25, 0.3) is 11.1 Å². The Morgan fingerprint density at radius 2 is 1.40 bits per heavy atom. The maximum atomic E-state index is 8.55. The van der Waals surface area contributed by atoms with Crippen LogP contribution >= 0.6 is 0 Å². The molecule has 3 aromatic rings. The molecule has 0 radical (unpaired) electrons. The highest BCUT2D eigenvalue weighted by molar-refractivity contribution is 5.79. The Morgan fingerprint density at radius 1 is 0.720 bits per heavy atom. The van der Waals surface area contributed by atoms with E-state index in [-0.39, 0.29) is 0 Å². The minimum absolute atomic E-state index is 0.431. The van der Waals surface area contributed by atoms with Gasteiger partial charge in [-0.25, -0.2) is 0 Å². The van der Waals surface area contributed by atoms with E-state index in [0.29, 0.717) is 19.0 Å². The third-order valence-electron chi connectivity index (χ3n) is 3.65. The predicted octanol–water partition coefficient (Wildman–Crippen LogP) is 4.62. The van der Waals surface area contributed by atoms with E-state index < -0.39 is 0 Å². The van der Waals surface area contributed by atoms with Gasteiger partial charge in [0, 0.05) is 0 Å². The van der Waals surface area contributed by atoms with Crippen molar-refractivity contribution >= 4 is 6.21 Å². The first-order valence-corrected chi connectivity index (χ1v) is 8.04. The summed E-state index contributed by atoms with van der Waals surface area (Å²) in [6.07, 6.45) is 1.36. The van der Waals surface area contributed by atoms with Gasteiger partial charge in [0.15, 0.2) is 0 Å². The molecule has 1 N–H and O–H groups in total. The molecule has 25 heavy (non-hydrogen) atoms. The molecule has 0 aliphatic heterocycles. The number of hydrogen-bond acceptors (Lipinski definition) is 4. The van der Waals surface area contributed by atoms with E-state index >= 15 is 0 Å². The largest absolute Gasteiger partial charge is 0.490 e. The SMILES string of the molecule is O/N=C/c1cccc(OCCOc2ccc(-c3ccccc3)cc2)c1. The second-order valence-corrected chi connectivity index (χ2v) is 5.40. The molecule has 4 nitrogen and oxygen atoms in total. The van der Waals surface area contributed by atoms with Crippen LogP contribution in [0.2, 0.25) is 0 Å². The molecule has 0 aliphatic rings. The summed E-state index contributed by atoms with van der Waals surface area (Å²) in [5, 5.41) is 11.6. The molecule has 4 heteroatoms. The summed E-state index contributed by atoms with van der Waals surface area (Å²) in [5.41, 5.74) is 3.12. The Balaban J connectivity index is 1.48. The fourth-order valence-electron chi connectivity index (χ4n) is 2.44. The minimum Gasteiger partial charge on any atom is -0.490 e. The quantitative estimate of drug-likeness (QED) is 0.297. The minimum atomic E-state index is 0.431. The van der Waals surface area contributed by atoms with Gasteiger partial charge in [-0.3, -0.25) is 0 Å². The first-order chi connectivity index (χ1) is 12.3. The van der Waals surface area contributed by atoms with E-state index in [9.17, 15) is 0 Å². The van der Waals surface area contributed by atoms with Crippen LogP contribution in [-0.4, -0.2) is 24.6 Å². The molecule has 0 bridgehead atoms. The van der Waals surface area contributed by atoms with Crippen molar-refractivity contribution in [3.05, 3.63) is 84.4 Å². The highest BCUT2D eigenvalue weighted by Crippen LogP contribution is 2.22. The van der Waals surface area contributed by atoms with Crippen LogP contribution in [0.15, 0.2) is 84.0 Å². The van der Waals surface area contributed by atoms with E-state index in [1.165, 1.54) is 11.8 Å². The van der Waals surface area contributed by atoms with Crippen LogP contribution in [0.1, 0.15) is 5.56 Å². The normalized spacial score (nSPS) is 10.7. The van der Waals surface area contributed by atoms with Gasteiger partial charge >= 0.3 is 0 Å². The number of nitrogens with zero attached hydrogens (tertiary/aromatic N) is 1. The lowest BCUT2D eigenvalue weighted by Crippen LogP contribution is -2.09. The molecule has 0 aromatic heterocycles. The van der Waals surface area contributed by atoms with Crippen molar-refractivity contribution in [2.45, 2.75) is 0 Å². The molecule has 0 heterocycles. The molecule has 0 saturated carbocycles. The van der Waals surface area contributed by atoms with Crippen molar-refractivity contribution in [1.29, 1.82) is 0 Å². The molecule has 126 valence electrons. The van der Waals surface area contributed by atoms with Crippen LogP contribution in [0.5, 0.6) is 11.5 Å². The standard InChI is InChI=1S/C21H19NO3/c23-22-16-17-5-4-8-21(15-17)25-14-13-24-20-11-9-19(10-12-20)18-6-2-1-3-7-18/h1-12,15-16,23H,13-14H2/b22-16+. The predicted molar refractivity (Wildman–Crippen MR) is 98.7 cm³/mol. The van der Waals surface area contributed by atoms with Crippen molar-refractivity contribution in [3.63, 3.8) is 0 Å². The van der Waals surface area contributed by atoms with E-state index in [1.807, 2.05) is 60.7 Å². The number of rotatable bonds is 7. The molecule has 0 saturated heterocycles. The lowest BCUT2D eigenvalue weighted by Gasteiger charge is -2.09. The average Bonchev–Trinajstić information content (AvgIpc) is 2.67. The van der Waals surface area contributed by atoms with E-state index in [1.54, 1.807) is 6.07 Å². The van der Waals surface area contributed by atoms with Gasteiger partial charge in [0.05, 0.1) is 6.21 Å². The topological polar surface area (TPSA) is 51.1 Å². The third kappa shape index (κ3) is 4.85. The molecule has 3 rings (SSSR count). The number of hydrogen-bond donors (Lipinski definition) is 1. The summed E-state index contributed by atoms with van der Waals surface area (Å²) in [7, 11) is 0. The summed E-state index contributed by atoms with van der Waals surface area (Å²) in [6, 6.07) is 25.6. The van der Waals surface area contributed by atoms with Crippen molar-refractivity contribution in [1.82, 2.24) is 0 Å². The molecule has 0 unspecified atom stereocenters. The van der Waals surface area contributed by atoms with Crippen LogP contribution < -0.4 is 9.47 Å². The van der Waals surface area contributed by atoms with Gasteiger partial charge in [-0.2, -0.15) is 0 Å². The summed E-state index contributed by atoms with van der Waals surface area (Å²) >= 11 is 0. The van der Waals surface area contributed by atoms with Gasteiger partial charge < -0.3 is 14.7 Å². The summed E-state index contributed by atoms with van der Waals surface area (Å²) < 4.78 is 11.3. The zero-order valence-corrected chi connectivity index (χ0v) is 13.7. The van der Waals surface area contributed by atoms with Crippen LogP contribution in [0.4, 0.5) is 0 Å². The van der Waals surface area contributed by atoms with E-state index in [2.05, 4.69) is 17.3 Å². The van der Waals surface area contributed by atoms with Gasteiger partial charge in [-0.05, 0) is 41.0 Å². The Hall–Kier alpha value is -3.27. The zero-order valence-electron chi connectivity index (χ0n) is 13.7. The molecule has 0 aliphatic carbocycles. The summed E-state index contributed by atoms with van der Waals surface area (Å²) in [4.78, 5) is 0. The van der Waals surface area contributed by atoms with Crippen LogP contribution in [-0.2, 0) is 0 Å². The Bertz CT molecular complexity index is 814. The number of benzene rings is 3.